The summed E-state index contributed by atoms with van der Waals surface area (Å²) in [6.07, 6.45) is 6.96. The number of nitrogens with one attached hydrogen (secondary N) is 2. The fourth-order valence-electron chi connectivity index (χ4n) is 2.42. The molecule has 1 aliphatic rings. The van der Waals surface area contributed by atoms with E-state index in [1.165, 1.54) is 24.8 Å². The predicted octanol–water partition coefficient (Wildman–Crippen LogP) is 3.35. The van der Waals surface area contributed by atoms with Crippen molar-refractivity contribution in [2.75, 3.05) is 18.4 Å². The highest BCUT2D eigenvalue weighted by Crippen LogP contribution is 2.20. The molecule has 0 radical (unpaired) electrons. The van der Waals surface area contributed by atoms with Crippen LogP contribution in [0, 0.1) is 0 Å². The van der Waals surface area contributed by atoms with Crippen molar-refractivity contribution in [1.29, 1.82) is 0 Å². The molecule has 3 heteroatoms. The van der Waals surface area contributed by atoms with Crippen molar-refractivity contribution in [3.8, 4) is 0 Å². The molecule has 0 heterocycles. The van der Waals surface area contributed by atoms with Crippen molar-refractivity contribution >= 4 is 11.6 Å². The van der Waals surface area contributed by atoms with E-state index in [-0.39, 0.29) is 5.91 Å². The van der Waals surface area contributed by atoms with Crippen LogP contribution in [0.25, 0.3) is 0 Å². The summed E-state index contributed by atoms with van der Waals surface area (Å²) in [5.41, 5.74) is 3.12. The van der Waals surface area contributed by atoms with Gasteiger partial charge in [0.1, 0.15) is 0 Å². The number of allylic oxidation sites excluding steroid dienone is 1. The number of amides is 1. The molecule has 1 aliphatic carbocycles. The highest BCUT2D eigenvalue weighted by molar-refractivity contribution is 5.99. The maximum absolute atomic E-state index is 12.1. The van der Waals surface area contributed by atoms with Gasteiger partial charge in [-0.05, 0) is 44.7 Å². The van der Waals surface area contributed by atoms with E-state index in [4.69, 9.17) is 0 Å². The number of hydrogen-bond donors (Lipinski definition) is 2. The molecule has 102 valence electrons. The molecule has 19 heavy (non-hydrogen) atoms. The summed E-state index contributed by atoms with van der Waals surface area (Å²) >= 11 is 0. The van der Waals surface area contributed by atoms with Crippen LogP contribution in [0.1, 0.15) is 43.0 Å². The Morgan fingerprint density at radius 3 is 2.89 bits per heavy atom. The minimum Gasteiger partial charge on any atom is -0.385 e. The average Bonchev–Trinajstić information content (AvgIpc) is 2.93. The molecule has 0 aromatic heterocycles. The zero-order valence-electron chi connectivity index (χ0n) is 11.5. The number of hydrogen-bond acceptors (Lipinski definition) is 2. The normalized spacial score (nSPS) is 14.1. The van der Waals surface area contributed by atoms with Crippen molar-refractivity contribution in [3.63, 3.8) is 0 Å². The summed E-state index contributed by atoms with van der Waals surface area (Å²) in [5.74, 6) is 0.00940. The van der Waals surface area contributed by atoms with E-state index in [0.717, 1.165) is 30.8 Å². The van der Waals surface area contributed by atoms with Gasteiger partial charge in [-0.1, -0.05) is 23.8 Å². The molecule has 0 saturated carbocycles. The zero-order valence-corrected chi connectivity index (χ0v) is 11.5. The van der Waals surface area contributed by atoms with Crippen LogP contribution in [-0.4, -0.2) is 19.0 Å². The number of carbonyl (C=O) groups excluding carboxylic acids is 1. The monoisotopic (exact) mass is 258 g/mol. The van der Waals surface area contributed by atoms with Gasteiger partial charge in [-0.15, -0.1) is 0 Å². The van der Waals surface area contributed by atoms with Crippen LogP contribution in [-0.2, 0) is 0 Å². The maximum atomic E-state index is 12.1. The second kappa shape index (κ2) is 6.98. The zero-order chi connectivity index (χ0) is 13.5. The van der Waals surface area contributed by atoms with Gasteiger partial charge in [0, 0.05) is 18.8 Å². The van der Waals surface area contributed by atoms with Crippen molar-refractivity contribution in [3.05, 3.63) is 41.5 Å². The van der Waals surface area contributed by atoms with Crippen molar-refractivity contribution in [2.24, 2.45) is 0 Å². The first-order valence-corrected chi connectivity index (χ1v) is 7.10. The second-order valence-corrected chi connectivity index (χ2v) is 4.84. The topological polar surface area (TPSA) is 41.1 Å². The number of benzene rings is 1. The van der Waals surface area contributed by atoms with Gasteiger partial charge >= 0.3 is 0 Å². The van der Waals surface area contributed by atoms with Crippen LogP contribution in [0.15, 0.2) is 35.9 Å². The molecule has 0 bridgehead atoms. The third kappa shape index (κ3) is 3.85. The Balaban J connectivity index is 1.88. The molecule has 2 rings (SSSR count). The van der Waals surface area contributed by atoms with Crippen LogP contribution < -0.4 is 10.6 Å². The Morgan fingerprint density at radius 1 is 1.32 bits per heavy atom. The first-order chi connectivity index (χ1) is 9.31. The van der Waals surface area contributed by atoms with Gasteiger partial charge in [0.2, 0.25) is 0 Å². The maximum Gasteiger partial charge on any atom is 0.253 e. The Hall–Kier alpha value is -1.77. The van der Waals surface area contributed by atoms with Crippen molar-refractivity contribution in [1.82, 2.24) is 5.32 Å². The molecule has 0 aliphatic heterocycles. The van der Waals surface area contributed by atoms with Crippen molar-refractivity contribution in [2.45, 2.75) is 32.6 Å². The number of carbonyl (C=O) groups is 1. The summed E-state index contributed by atoms with van der Waals surface area (Å²) < 4.78 is 0. The van der Waals surface area contributed by atoms with Crippen LogP contribution in [0.3, 0.4) is 0 Å². The standard InChI is InChI=1S/C16H22N2O/c1-2-17-15-10-6-5-9-14(15)16(19)18-12-11-13-7-3-4-8-13/h5-7,9-10,17H,2-4,8,11-12H2,1H3,(H,18,19). The van der Waals surface area contributed by atoms with Gasteiger partial charge < -0.3 is 10.6 Å². The van der Waals surface area contributed by atoms with Crippen LogP contribution in [0.5, 0.6) is 0 Å². The summed E-state index contributed by atoms with van der Waals surface area (Å²) in [6.45, 7) is 3.57. The first kappa shape index (κ1) is 13.7. The minimum absolute atomic E-state index is 0.00940. The Kier molecular flexibility index (Phi) is 5.01. The average molecular weight is 258 g/mol. The van der Waals surface area contributed by atoms with E-state index in [2.05, 4.69) is 16.7 Å². The van der Waals surface area contributed by atoms with Gasteiger partial charge in [-0.25, -0.2) is 0 Å². The summed E-state index contributed by atoms with van der Waals surface area (Å²) in [4.78, 5) is 12.1. The highest BCUT2D eigenvalue weighted by Gasteiger charge is 2.10. The summed E-state index contributed by atoms with van der Waals surface area (Å²) in [7, 11) is 0. The first-order valence-electron chi connectivity index (χ1n) is 7.10. The SMILES string of the molecule is CCNc1ccccc1C(=O)NCCC1=CCCC1. The van der Waals surface area contributed by atoms with Crippen molar-refractivity contribution < 1.29 is 4.79 Å². The molecule has 3 nitrogen and oxygen atoms in total. The van der Waals surface area contributed by atoms with Gasteiger partial charge in [0.25, 0.3) is 5.91 Å². The van der Waals surface area contributed by atoms with Gasteiger partial charge in [0.15, 0.2) is 0 Å². The fourth-order valence-corrected chi connectivity index (χ4v) is 2.42. The minimum atomic E-state index is 0.00940. The lowest BCUT2D eigenvalue weighted by Crippen LogP contribution is -2.25. The smallest absolute Gasteiger partial charge is 0.253 e. The molecule has 0 saturated heterocycles. The quantitative estimate of drug-likeness (QED) is 0.768. The molecular formula is C16H22N2O. The van der Waals surface area contributed by atoms with E-state index < -0.39 is 0 Å². The molecular weight excluding hydrogens is 236 g/mol. The van der Waals surface area contributed by atoms with E-state index in [9.17, 15) is 4.79 Å². The number of para-hydroxylation sites is 1. The molecule has 2 N–H and O–H groups in total. The summed E-state index contributed by atoms with van der Waals surface area (Å²) in [6, 6.07) is 7.65. The lowest BCUT2D eigenvalue weighted by Gasteiger charge is -2.11. The van der Waals surface area contributed by atoms with E-state index in [0.29, 0.717) is 0 Å². The molecule has 0 spiro atoms. The Morgan fingerprint density at radius 2 is 2.16 bits per heavy atom. The molecule has 1 amide bonds. The van der Waals surface area contributed by atoms with Crippen LogP contribution in [0.2, 0.25) is 0 Å². The molecule has 1 aromatic rings. The van der Waals surface area contributed by atoms with E-state index in [1.54, 1.807) is 0 Å². The van der Waals surface area contributed by atoms with Crippen LogP contribution in [0.4, 0.5) is 5.69 Å². The fraction of sp³-hybridized carbons (Fsp3) is 0.438. The largest absolute Gasteiger partial charge is 0.385 e. The van der Waals surface area contributed by atoms with Gasteiger partial charge in [0.05, 0.1) is 5.56 Å². The van der Waals surface area contributed by atoms with Gasteiger partial charge in [-0.3, -0.25) is 4.79 Å². The molecule has 0 atom stereocenters. The van der Waals surface area contributed by atoms with Gasteiger partial charge in [-0.2, -0.15) is 0 Å². The highest BCUT2D eigenvalue weighted by atomic mass is 16.1. The number of anilines is 1. The van der Waals surface area contributed by atoms with E-state index in [1.807, 2.05) is 31.2 Å². The molecule has 0 unspecified atom stereocenters. The third-order valence-corrected chi connectivity index (χ3v) is 3.41. The lowest BCUT2D eigenvalue weighted by molar-refractivity contribution is 0.0955. The predicted molar refractivity (Wildman–Crippen MR) is 79.5 cm³/mol. The van der Waals surface area contributed by atoms with Crippen LogP contribution >= 0.6 is 0 Å². The molecule has 1 aromatic carbocycles. The molecule has 0 fully saturated rings. The Labute approximate surface area is 115 Å². The van der Waals surface area contributed by atoms with E-state index >= 15 is 0 Å². The third-order valence-electron chi connectivity index (χ3n) is 3.41. The number of rotatable bonds is 6. The Bertz CT molecular complexity index is 466. The second-order valence-electron chi connectivity index (χ2n) is 4.84. The summed E-state index contributed by atoms with van der Waals surface area (Å²) in [5, 5.41) is 6.22. The lowest BCUT2D eigenvalue weighted by atomic mass is 10.1.